The van der Waals surface area contributed by atoms with E-state index in [1.54, 1.807) is 0 Å². The van der Waals surface area contributed by atoms with Crippen LogP contribution in [-0.2, 0) is 0 Å². The van der Waals surface area contributed by atoms with Gasteiger partial charge < -0.3 is 9.32 Å². The Kier molecular flexibility index (Phi) is 4.02. The van der Waals surface area contributed by atoms with E-state index in [9.17, 15) is 19.7 Å². The number of non-ortho nitro benzene ring substituents is 1. The van der Waals surface area contributed by atoms with Crippen LogP contribution in [0.15, 0.2) is 33.5 Å². The van der Waals surface area contributed by atoms with E-state index in [1.165, 1.54) is 29.2 Å². The van der Waals surface area contributed by atoms with E-state index in [2.05, 4.69) is 0 Å². The Balaban J connectivity index is 2.59. The molecule has 0 spiro atoms. The number of carbonyl (C=O) groups is 1. The molecule has 1 amide bonds. The number of nitro benzene ring substituents is 1. The first-order valence-corrected chi connectivity index (χ1v) is 6.49. The van der Waals surface area contributed by atoms with Gasteiger partial charge in [0.15, 0.2) is 5.76 Å². The van der Waals surface area contributed by atoms with Crippen molar-refractivity contribution in [2.75, 3.05) is 13.1 Å². The van der Waals surface area contributed by atoms with Gasteiger partial charge in [-0.3, -0.25) is 14.9 Å². The summed E-state index contributed by atoms with van der Waals surface area (Å²) >= 11 is 0. The van der Waals surface area contributed by atoms with Gasteiger partial charge >= 0.3 is 5.63 Å². The first kappa shape index (κ1) is 14.7. The molecule has 7 nitrogen and oxygen atoms in total. The molecule has 0 aliphatic carbocycles. The van der Waals surface area contributed by atoms with E-state index in [1.807, 2.05) is 13.8 Å². The zero-order valence-electron chi connectivity index (χ0n) is 11.7. The van der Waals surface area contributed by atoms with E-state index in [-0.39, 0.29) is 16.8 Å². The molecule has 0 bridgehead atoms. The Morgan fingerprint density at radius 3 is 2.52 bits per heavy atom. The van der Waals surface area contributed by atoms with Crippen molar-refractivity contribution in [3.8, 4) is 0 Å². The molecule has 0 atom stereocenters. The summed E-state index contributed by atoms with van der Waals surface area (Å²) < 4.78 is 5.02. The Morgan fingerprint density at radius 1 is 1.29 bits per heavy atom. The highest BCUT2D eigenvalue weighted by molar-refractivity contribution is 5.95. The smallest absolute Gasteiger partial charge is 0.344 e. The Morgan fingerprint density at radius 2 is 1.95 bits per heavy atom. The van der Waals surface area contributed by atoms with Crippen LogP contribution in [0.2, 0.25) is 0 Å². The summed E-state index contributed by atoms with van der Waals surface area (Å²) in [6.45, 7) is 4.58. The molecular weight excluding hydrogens is 276 g/mol. The topological polar surface area (TPSA) is 93.7 Å². The first-order chi connectivity index (χ1) is 9.97. The zero-order valence-corrected chi connectivity index (χ0v) is 11.7. The lowest BCUT2D eigenvalue weighted by molar-refractivity contribution is -0.384. The summed E-state index contributed by atoms with van der Waals surface area (Å²) in [7, 11) is 0. The van der Waals surface area contributed by atoms with Gasteiger partial charge in [0, 0.05) is 25.2 Å². The minimum absolute atomic E-state index is 0.114. The second-order valence-corrected chi connectivity index (χ2v) is 4.40. The van der Waals surface area contributed by atoms with Gasteiger partial charge in [-0.2, -0.15) is 0 Å². The number of benzene rings is 1. The van der Waals surface area contributed by atoms with Crippen LogP contribution < -0.4 is 5.63 Å². The fourth-order valence-electron chi connectivity index (χ4n) is 2.07. The molecule has 2 aromatic rings. The van der Waals surface area contributed by atoms with Crippen LogP contribution in [0.25, 0.3) is 10.8 Å². The number of hydrogen-bond acceptors (Lipinski definition) is 5. The minimum atomic E-state index is -0.682. The van der Waals surface area contributed by atoms with Gasteiger partial charge in [0.05, 0.1) is 10.3 Å². The van der Waals surface area contributed by atoms with Gasteiger partial charge in [-0.15, -0.1) is 0 Å². The van der Waals surface area contributed by atoms with Crippen LogP contribution in [0.3, 0.4) is 0 Å². The van der Waals surface area contributed by atoms with Crippen molar-refractivity contribution in [3.05, 3.63) is 50.6 Å². The van der Waals surface area contributed by atoms with Crippen molar-refractivity contribution in [1.29, 1.82) is 0 Å². The molecule has 1 heterocycles. The Hall–Kier alpha value is -2.70. The molecule has 0 unspecified atom stereocenters. The first-order valence-electron chi connectivity index (χ1n) is 6.49. The predicted octanol–water partition coefficient (Wildman–Crippen LogP) is 2.18. The molecule has 0 saturated heterocycles. The second-order valence-electron chi connectivity index (χ2n) is 4.40. The third-order valence-corrected chi connectivity index (χ3v) is 3.22. The normalized spacial score (nSPS) is 10.6. The molecule has 1 aromatic heterocycles. The maximum Gasteiger partial charge on any atom is 0.344 e. The third kappa shape index (κ3) is 2.76. The quantitative estimate of drug-likeness (QED) is 0.635. The minimum Gasteiger partial charge on any atom is -0.417 e. The molecule has 110 valence electrons. The molecule has 0 fully saturated rings. The molecule has 0 N–H and O–H groups in total. The molecule has 0 aliphatic rings. The molecule has 1 aromatic carbocycles. The van der Waals surface area contributed by atoms with E-state index in [0.29, 0.717) is 18.5 Å². The number of nitro groups is 1. The number of rotatable bonds is 4. The number of carbonyl (C=O) groups excluding carboxylic acids is 1. The lowest BCUT2D eigenvalue weighted by Crippen LogP contribution is -2.31. The van der Waals surface area contributed by atoms with Gasteiger partial charge in [0.1, 0.15) is 0 Å². The number of amides is 1. The SMILES string of the molecule is CCN(CC)C(=O)c1cc2cc([N+](=O)[O-])ccc2c(=O)o1. The van der Waals surface area contributed by atoms with Gasteiger partial charge in [0.2, 0.25) is 0 Å². The summed E-state index contributed by atoms with van der Waals surface area (Å²) in [6, 6.07) is 5.17. The molecule has 0 saturated carbocycles. The summed E-state index contributed by atoms with van der Waals surface area (Å²) in [6.07, 6.45) is 0. The predicted molar refractivity (Wildman–Crippen MR) is 76.4 cm³/mol. The lowest BCUT2D eigenvalue weighted by atomic mass is 10.1. The number of fused-ring (bicyclic) bond motifs is 1. The third-order valence-electron chi connectivity index (χ3n) is 3.22. The maximum absolute atomic E-state index is 12.2. The van der Waals surface area contributed by atoms with E-state index in [4.69, 9.17) is 4.42 Å². The molecular formula is C14H14N2O5. The van der Waals surface area contributed by atoms with Gasteiger partial charge in [0.25, 0.3) is 11.6 Å². The van der Waals surface area contributed by atoms with Crippen LogP contribution in [-0.4, -0.2) is 28.8 Å². The molecule has 7 heteroatoms. The second kappa shape index (κ2) is 5.74. The van der Waals surface area contributed by atoms with Crippen molar-refractivity contribution in [2.24, 2.45) is 0 Å². The van der Waals surface area contributed by atoms with E-state index < -0.39 is 16.5 Å². The van der Waals surface area contributed by atoms with Crippen LogP contribution in [0.4, 0.5) is 5.69 Å². The number of hydrogen-bond donors (Lipinski definition) is 0. The molecule has 0 radical (unpaired) electrons. The van der Waals surface area contributed by atoms with Crippen LogP contribution in [0.1, 0.15) is 24.4 Å². The summed E-state index contributed by atoms with van der Waals surface area (Å²) in [5.74, 6) is -0.526. The van der Waals surface area contributed by atoms with Gasteiger partial charge in [-0.25, -0.2) is 4.79 Å². The van der Waals surface area contributed by atoms with Crippen LogP contribution in [0.5, 0.6) is 0 Å². The molecule has 2 rings (SSSR count). The maximum atomic E-state index is 12.2. The zero-order chi connectivity index (χ0) is 15.6. The summed E-state index contributed by atoms with van der Waals surface area (Å²) in [4.78, 5) is 35.8. The highest BCUT2D eigenvalue weighted by Crippen LogP contribution is 2.20. The Labute approximate surface area is 119 Å². The monoisotopic (exact) mass is 290 g/mol. The van der Waals surface area contributed by atoms with Crippen molar-refractivity contribution < 1.29 is 14.1 Å². The highest BCUT2D eigenvalue weighted by atomic mass is 16.6. The molecule has 0 aliphatic heterocycles. The van der Waals surface area contributed by atoms with E-state index in [0.717, 1.165) is 0 Å². The van der Waals surface area contributed by atoms with Crippen LogP contribution in [0, 0.1) is 10.1 Å². The van der Waals surface area contributed by atoms with Gasteiger partial charge in [-0.1, -0.05) is 0 Å². The fourth-order valence-corrected chi connectivity index (χ4v) is 2.07. The van der Waals surface area contributed by atoms with Gasteiger partial charge in [-0.05, 0) is 31.4 Å². The lowest BCUT2D eigenvalue weighted by Gasteiger charge is -2.17. The van der Waals surface area contributed by atoms with Crippen LogP contribution >= 0.6 is 0 Å². The standard InChI is InChI=1S/C14H14N2O5/c1-3-15(4-2)13(17)12-8-9-7-10(16(19)20)5-6-11(9)14(18)21-12/h5-8H,3-4H2,1-2H3. The summed E-state index contributed by atoms with van der Waals surface area (Å²) in [5, 5.41) is 11.3. The summed E-state index contributed by atoms with van der Waals surface area (Å²) in [5.41, 5.74) is -0.827. The van der Waals surface area contributed by atoms with Crippen molar-refractivity contribution in [1.82, 2.24) is 4.90 Å². The average Bonchev–Trinajstić information content (AvgIpc) is 2.47. The van der Waals surface area contributed by atoms with Crippen molar-refractivity contribution in [3.63, 3.8) is 0 Å². The Bertz CT molecular complexity index is 762. The van der Waals surface area contributed by atoms with E-state index >= 15 is 0 Å². The highest BCUT2D eigenvalue weighted by Gasteiger charge is 2.18. The number of nitrogens with zero attached hydrogens (tertiary/aromatic N) is 2. The fraction of sp³-hybridized carbons (Fsp3) is 0.286. The molecule has 21 heavy (non-hydrogen) atoms. The largest absolute Gasteiger partial charge is 0.417 e. The average molecular weight is 290 g/mol. The van der Waals surface area contributed by atoms with Crippen molar-refractivity contribution in [2.45, 2.75) is 13.8 Å². The van der Waals surface area contributed by atoms with Crippen molar-refractivity contribution >= 4 is 22.4 Å².